The van der Waals surface area contributed by atoms with Gasteiger partial charge in [0.1, 0.15) is 11.9 Å². The van der Waals surface area contributed by atoms with Gasteiger partial charge >= 0.3 is 0 Å². The molecule has 1 aliphatic carbocycles. The highest BCUT2D eigenvalue weighted by Crippen LogP contribution is 2.14. The van der Waals surface area contributed by atoms with Gasteiger partial charge < -0.3 is 15.4 Å². The molecule has 1 aromatic rings. The van der Waals surface area contributed by atoms with Crippen molar-refractivity contribution in [2.75, 3.05) is 13.6 Å². The standard InChI is InChI=1S/C17H25N3O/c1-13-7-6-10-16(11-13)21-14(2)12-19-17(18-3)20-15-8-4-5-9-15/h4-7,10-11,14-15H,8-9,12H2,1-3H3,(H2,18,19,20). The maximum atomic E-state index is 5.90. The summed E-state index contributed by atoms with van der Waals surface area (Å²) in [6, 6.07) is 8.58. The molecule has 21 heavy (non-hydrogen) atoms. The molecule has 0 aliphatic heterocycles. The first kappa shape index (κ1) is 15.4. The van der Waals surface area contributed by atoms with E-state index in [9.17, 15) is 0 Å². The molecule has 4 nitrogen and oxygen atoms in total. The van der Waals surface area contributed by atoms with E-state index in [1.54, 1.807) is 7.05 Å². The highest BCUT2D eigenvalue weighted by molar-refractivity contribution is 5.80. The summed E-state index contributed by atoms with van der Waals surface area (Å²) >= 11 is 0. The van der Waals surface area contributed by atoms with Crippen LogP contribution in [0.2, 0.25) is 0 Å². The van der Waals surface area contributed by atoms with Gasteiger partial charge in [-0.3, -0.25) is 4.99 Å². The van der Waals surface area contributed by atoms with Crippen LogP contribution >= 0.6 is 0 Å². The van der Waals surface area contributed by atoms with E-state index in [2.05, 4.69) is 47.7 Å². The molecule has 2 N–H and O–H groups in total. The fourth-order valence-electron chi connectivity index (χ4n) is 2.33. The number of benzene rings is 1. The van der Waals surface area contributed by atoms with Crippen LogP contribution in [0, 0.1) is 6.92 Å². The number of nitrogens with zero attached hydrogens (tertiary/aromatic N) is 1. The Kier molecular flexibility index (Phi) is 5.67. The van der Waals surface area contributed by atoms with Gasteiger partial charge in [0.2, 0.25) is 0 Å². The van der Waals surface area contributed by atoms with Gasteiger partial charge in [-0.15, -0.1) is 0 Å². The van der Waals surface area contributed by atoms with Crippen LogP contribution < -0.4 is 15.4 Å². The van der Waals surface area contributed by atoms with Crippen LogP contribution in [-0.2, 0) is 0 Å². The second kappa shape index (κ2) is 7.72. The van der Waals surface area contributed by atoms with Gasteiger partial charge in [-0.2, -0.15) is 0 Å². The van der Waals surface area contributed by atoms with Gasteiger partial charge in [-0.25, -0.2) is 0 Å². The predicted octanol–water partition coefficient (Wildman–Crippen LogP) is 2.65. The first-order valence-electron chi connectivity index (χ1n) is 7.53. The summed E-state index contributed by atoms with van der Waals surface area (Å²) < 4.78 is 5.90. The monoisotopic (exact) mass is 287 g/mol. The highest BCUT2D eigenvalue weighted by Gasteiger charge is 2.12. The molecule has 0 spiro atoms. The second-order valence-electron chi connectivity index (χ2n) is 5.48. The molecule has 1 unspecified atom stereocenters. The summed E-state index contributed by atoms with van der Waals surface area (Å²) in [5, 5.41) is 6.73. The molecule has 0 radical (unpaired) electrons. The maximum absolute atomic E-state index is 5.90. The quantitative estimate of drug-likeness (QED) is 0.497. The average Bonchev–Trinajstić information content (AvgIpc) is 2.96. The Morgan fingerprint density at radius 3 is 2.81 bits per heavy atom. The third-order valence-corrected chi connectivity index (χ3v) is 3.46. The molecular weight excluding hydrogens is 262 g/mol. The largest absolute Gasteiger partial charge is 0.489 e. The molecule has 1 aliphatic rings. The number of hydrogen-bond donors (Lipinski definition) is 2. The molecule has 0 heterocycles. The number of hydrogen-bond acceptors (Lipinski definition) is 2. The minimum absolute atomic E-state index is 0.0760. The van der Waals surface area contributed by atoms with E-state index in [4.69, 9.17) is 4.74 Å². The van der Waals surface area contributed by atoms with E-state index in [1.807, 2.05) is 18.2 Å². The van der Waals surface area contributed by atoms with Crippen molar-refractivity contribution < 1.29 is 4.74 Å². The average molecular weight is 287 g/mol. The number of guanidine groups is 1. The zero-order valence-electron chi connectivity index (χ0n) is 13.1. The fraction of sp³-hybridized carbons (Fsp3) is 0.471. The molecule has 114 valence electrons. The summed E-state index contributed by atoms with van der Waals surface area (Å²) in [6.07, 6.45) is 6.61. The third kappa shape index (κ3) is 5.14. The Labute approximate surface area is 127 Å². The summed E-state index contributed by atoms with van der Waals surface area (Å²) in [6.45, 7) is 4.84. The molecule has 0 saturated heterocycles. The number of ether oxygens (including phenoxy) is 1. The maximum Gasteiger partial charge on any atom is 0.191 e. The van der Waals surface area contributed by atoms with E-state index in [0.717, 1.165) is 24.6 Å². The lowest BCUT2D eigenvalue weighted by Gasteiger charge is -2.20. The molecule has 0 amide bonds. The molecule has 0 bridgehead atoms. The molecule has 1 aromatic carbocycles. The molecule has 0 fully saturated rings. The van der Waals surface area contributed by atoms with Crippen molar-refractivity contribution >= 4 is 5.96 Å². The Balaban J connectivity index is 1.75. The third-order valence-electron chi connectivity index (χ3n) is 3.46. The van der Waals surface area contributed by atoms with E-state index in [1.165, 1.54) is 5.56 Å². The molecular formula is C17H25N3O. The summed E-state index contributed by atoms with van der Waals surface area (Å²) in [4.78, 5) is 4.26. The lowest BCUT2D eigenvalue weighted by molar-refractivity contribution is 0.223. The number of nitrogens with one attached hydrogen (secondary N) is 2. The summed E-state index contributed by atoms with van der Waals surface area (Å²) in [5.41, 5.74) is 1.21. The van der Waals surface area contributed by atoms with Crippen LogP contribution in [-0.4, -0.2) is 31.7 Å². The van der Waals surface area contributed by atoms with Gasteiger partial charge in [0.05, 0.1) is 6.54 Å². The highest BCUT2D eigenvalue weighted by atomic mass is 16.5. The van der Waals surface area contributed by atoms with Gasteiger partial charge in [0, 0.05) is 13.1 Å². The zero-order valence-corrected chi connectivity index (χ0v) is 13.1. The number of aliphatic imine (C=N–C) groups is 1. The van der Waals surface area contributed by atoms with Crippen molar-refractivity contribution in [1.82, 2.24) is 10.6 Å². The van der Waals surface area contributed by atoms with Crippen LogP contribution in [0.4, 0.5) is 0 Å². The Hall–Kier alpha value is -1.97. The number of aryl methyl sites for hydroxylation is 1. The molecule has 1 atom stereocenters. The van der Waals surface area contributed by atoms with Crippen molar-refractivity contribution in [2.24, 2.45) is 4.99 Å². The summed E-state index contributed by atoms with van der Waals surface area (Å²) in [5.74, 6) is 1.75. The smallest absolute Gasteiger partial charge is 0.191 e. The molecule has 0 aromatic heterocycles. The van der Waals surface area contributed by atoms with Crippen molar-refractivity contribution in [2.45, 2.75) is 38.8 Å². The summed E-state index contributed by atoms with van der Waals surface area (Å²) in [7, 11) is 1.80. The van der Waals surface area contributed by atoms with Crippen molar-refractivity contribution in [3.8, 4) is 5.75 Å². The van der Waals surface area contributed by atoms with E-state index in [0.29, 0.717) is 12.6 Å². The fourth-order valence-corrected chi connectivity index (χ4v) is 2.33. The second-order valence-corrected chi connectivity index (χ2v) is 5.48. The van der Waals surface area contributed by atoms with E-state index in [-0.39, 0.29) is 6.10 Å². The van der Waals surface area contributed by atoms with Gasteiger partial charge in [0.15, 0.2) is 5.96 Å². The number of rotatable bonds is 5. The van der Waals surface area contributed by atoms with Gasteiger partial charge in [-0.05, 0) is 44.4 Å². The zero-order chi connectivity index (χ0) is 15.1. The predicted molar refractivity (Wildman–Crippen MR) is 87.9 cm³/mol. The van der Waals surface area contributed by atoms with Crippen molar-refractivity contribution in [3.63, 3.8) is 0 Å². The first-order valence-corrected chi connectivity index (χ1v) is 7.53. The Morgan fingerprint density at radius 1 is 1.38 bits per heavy atom. The van der Waals surface area contributed by atoms with Crippen LogP contribution in [0.25, 0.3) is 0 Å². The van der Waals surface area contributed by atoms with E-state index >= 15 is 0 Å². The minimum Gasteiger partial charge on any atom is -0.489 e. The molecule has 4 heteroatoms. The van der Waals surface area contributed by atoms with Crippen LogP contribution in [0.3, 0.4) is 0 Å². The van der Waals surface area contributed by atoms with Crippen molar-refractivity contribution in [1.29, 1.82) is 0 Å². The Bertz CT molecular complexity index is 503. The van der Waals surface area contributed by atoms with Gasteiger partial charge in [-0.1, -0.05) is 24.3 Å². The van der Waals surface area contributed by atoms with Crippen LogP contribution in [0.5, 0.6) is 5.75 Å². The van der Waals surface area contributed by atoms with Crippen LogP contribution in [0.1, 0.15) is 25.3 Å². The SMILES string of the molecule is CN=C(NCC(C)Oc1cccc(C)c1)NC1CC=CC1. The molecule has 2 rings (SSSR count). The Morgan fingerprint density at radius 2 is 2.14 bits per heavy atom. The van der Waals surface area contributed by atoms with E-state index < -0.39 is 0 Å². The van der Waals surface area contributed by atoms with Gasteiger partial charge in [0.25, 0.3) is 0 Å². The normalized spacial score (nSPS) is 16.8. The lowest BCUT2D eigenvalue weighted by Crippen LogP contribution is -2.45. The van der Waals surface area contributed by atoms with Crippen LogP contribution in [0.15, 0.2) is 41.4 Å². The lowest BCUT2D eigenvalue weighted by atomic mass is 10.2. The first-order chi connectivity index (χ1) is 10.2. The van der Waals surface area contributed by atoms with Crippen molar-refractivity contribution in [3.05, 3.63) is 42.0 Å². The minimum atomic E-state index is 0.0760. The molecule has 0 saturated carbocycles. The topological polar surface area (TPSA) is 45.7 Å².